The first-order valence-corrected chi connectivity index (χ1v) is 23.4. The Morgan fingerprint density at radius 2 is 0.712 bits per heavy atom. The van der Waals surface area contributed by atoms with E-state index in [0.29, 0.717) is 0 Å². The molecule has 0 aliphatic carbocycles. The van der Waals surface area contributed by atoms with Crippen LogP contribution in [0.1, 0.15) is 185 Å². The molecular formula is C42H62CaO14S2. The van der Waals surface area contributed by atoms with Gasteiger partial charge in [0.2, 0.25) is 0 Å². The number of benzene rings is 2. The molecule has 0 bridgehead atoms. The average Bonchev–Trinajstić information content (AvgIpc) is 3.19. The second kappa shape index (κ2) is 32.2. The van der Waals surface area contributed by atoms with E-state index >= 15 is 0 Å². The van der Waals surface area contributed by atoms with Crippen molar-refractivity contribution < 1.29 is 64.1 Å². The van der Waals surface area contributed by atoms with Gasteiger partial charge in [-0.15, -0.1) is 0 Å². The van der Waals surface area contributed by atoms with E-state index in [1.165, 1.54) is 114 Å². The van der Waals surface area contributed by atoms with Gasteiger partial charge in [0.05, 0.1) is 35.5 Å². The Morgan fingerprint density at radius 3 is 0.966 bits per heavy atom. The first-order chi connectivity index (χ1) is 27.6. The quantitative estimate of drug-likeness (QED) is 0.0257. The molecule has 0 spiro atoms. The van der Waals surface area contributed by atoms with Gasteiger partial charge in [-0.25, -0.2) is 36.0 Å². The summed E-state index contributed by atoms with van der Waals surface area (Å²) in [5.41, 5.74) is -3.88. The fraction of sp³-hybridized carbons (Fsp3) is 0.619. The second-order valence-corrected chi connectivity index (χ2v) is 16.8. The third-order valence-electron chi connectivity index (χ3n) is 8.98. The van der Waals surface area contributed by atoms with Gasteiger partial charge in [-0.05, 0) is 49.9 Å². The smallest absolute Gasteiger partial charge is 0.745 e. The summed E-state index contributed by atoms with van der Waals surface area (Å²) < 4.78 is 86.8. The van der Waals surface area contributed by atoms with E-state index in [-0.39, 0.29) is 86.0 Å². The summed E-state index contributed by atoms with van der Waals surface area (Å²) in [4.78, 5) is 49.2. The molecule has 2 rings (SSSR count). The fourth-order valence-electron chi connectivity index (χ4n) is 5.69. The zero-order valence-electron chi connectivity index (χ0n) is 35.2. The summed E-state index contributed by atoms with van der Waals surface area (Å²) in [5, 5.41) is 0. The minimum atomic E-state index is -4.79. The number of unbranched alkanes of at least 4 members (excludes halogenated alkanes) is 14. The van der Waals surface area contributed by atoms with Crippen LogP contribution in [-0.2, 0) is 39.2 Å². The van der Waals surface area contributed by atoms with Crippen molar-refractivity contribution >= 4 is 81.9 Å². The van der Waals surface area contributed by atoms with Crippen LogP contribution in [0, 0.1) is 0 Å². The first-order valence-electron chi connectivity index (χ1n) is 20.5. The molecule has 0 saturated heterocycles. The van der Waals surface area contributed by atoms with Crippen LogP contribution in [0.3, 0.4) is 0 Å². The van der Waals surface area contributed by atoms with Crippen molar-refractivity contribution in [1.29, 1.82) is 0 Å². The Morgan fingerprint density at radius 1 is 0.458 bits per heavy atom. The van der Waals surface area contributed by atoms with Gasteiger partial charge in [0.15, 0.2) is 10.9 Å². The number of hydrogen-bond donors (Lipinski definition) is 0. The van der Waals surface area contributed by atoms with Crippen molar-refractivity contribution in [3.8, 4) is 0 Å². The van der Waals surface area contributed by atoms with Crippen molar-refractivity contribution in [2.24, 2.45) is 0 Å². The molecule has 0 heterocycles. The Bertz CT molecular complexity index is 1620. The van der Waals surface area contributed by atoms with Crippen molar-refractivity contribution in [1.82, 2.24) is 0 Å². The van der Waals surface area contributed by atoms with E-state index in [1.54, 1.807) is 12.1 Å². The molecule has 17 heteroatoms. The summed E-state index contributed by atoms with van der Waals surface area (Å²) in [6.45, 7) is 7.67. The van der Waals surface area contributed by atoms with Crippen LogP contribution < -0.4 is 0 Å². The Hall–Kier alpha value is -2.60. The molecule has 14 nitrogen and oxygen atoms in total. The Kier molecular flexibility index (Phi) is 30.7. The third kappa shape index (κ3) is 23.8. The monoisotopic (exact) mass is 894 g/mol. The van der Waals surface area contributed by atoms with Gasteiger partial charge in [0, 0.05) is 0 Å². The van der Waals surface area contributed by atoms with E-state index < -0.39 is 55.0 Å². The van der Waals surface area contributed by atoms with Crippen LogP contribution in [0.4, 0.5) is 0 Å². The van der Waals surface area contributed by atoms with E-state index in [9.17, 15) is 45.1 Å². The van der Waals surface area contributed by atoms with Crippen molar-refractivity contribution in [2.45, 2.75) is 154 Å². The molecule has 0 fully saturated rings. The normalized spacial score (nSPS) is 12.2. The Balaban J connectivity index is 0.00000112. The minimum absolute atomic E-state index is 0. The van der Waals surface area contributed by atoms with Gasteiger partial charge in [0.1, 0.15) is 20.2 Å². The zero-order chi connectivity index (χ0) is 43.4. The summed E-state index contributed by atoms with van der Waals surface area (Å²) in [5.74, 6) is -3.45. The predicted octanol–water partition coefficient (Wildman–Crippen LogP) is 8.46. The van der Waals surface area contributed by atoms with Gasteiger partial charge < -0.3 is 28.1 Å². The standard InChI is InChI=1S/2C21H32O7S.Ca/c2*1-3-5-6-7-8-9-10-13-16-27-20(22)17-14-11-12-15-18(17)21(23)28-19(4-2)29(24,25)26;/h2*11-12,14-15,19H,3-10,13,16H2,1-2H3,(H,24,25,26);/q;;+2/p-2. The molecule has 0 amide bonds. The van der Waals surface area contributed by atoms with Crippen LogP contribution >= 0.6 is 0 Å². The molecular weight excluding hydrogens is 833 g/mol. The molecule has 0 saturated carbocycles. The molecule has 2 aromatic carbocycles. The molecule has 0 aromatic heterocycles. The molecule has 2 aromatic rings. The maximum Gasteiger partial charge on any atom is 2.00 e. The van der Waals surface area contributed by atoms with Gasteiger partial charge in [-0.1, -0.05) is 142 Å². The second-order valence-electron chi connectivity index (χ2n) is 13.8. The molecule has 0 radical (unpaired) electrons. The summed E-state index contributed by atoms with van der Waals surface area (Å²) in [7, 11) is -9.58. The maximum atomic E-state index is 12.3. The summed E-state index contributed by atoms with van der Waals surface area (Å²) in [6, 6.07) is 11.6. The number of hydrogen-bond acceptors (Lipinski definition) is 14. The molecule has 59 heavy (non-hydrogen) atoms. The van der Waals surface area contributed by atoms with Gasteiger partial charge in [-0.2, -0.15) is 0 Å². The van der Waals surface area contributed by atoms with Gasteiger partial charge in [-0.3, -0.25) is 0 Å². The Labute approximate surface area is 381 Å². The molecule has 328 valence electrons. The van der Waals surface area contributed by atoms with E-state index in [4.69, 9.17) is 18.9 Å². The number of rotatable bonds is 28. The van der Waals surface area contributed by atoms with Gasteiger partial charge in [0.25, 0.3) is 0 Å². The molecule has 0 aliphatic rings. The molecule has 2 unspecified atom stereocenters. The minimum Gasteiger partial charge on any atom is -0.745 e. The number of esters is 4. The predicted molar refractivity (Wildman–Crippen MR) is 223 cm³/mol. The van der Waals surface area contributed by atoms with Crippen molar-refractivity contribution in [3.63, 3.8) is 0 Å². The number of carbonyl (C=O) groups is 4. The van der Waals surface area contributed by atoms with E-state index in [1.807, 2.05) is 0 Å². The zero-order valence-corrected chi connectivity index (χ0v) is 39.0. The van der Waals surface area contributed by atoms with Crippen LogP contribution in [0.25, 0.3) is 0 Å². The molecule has 2 atom stereocenters. The number of ether oxygens (including phenoxy) is 4. The largest absolute Gasteiger partial charge is 2.00 e. The van der Waals surface area contributed by atoms with Crippen LogP contribution in [-0.4, -0.2) is 112 Å². The third-order valence-corrected chi connectivity index (χ3v) is 11.1. The van der Waals surface area contributed by atoms with Crippen molar-refractivity contribution in [2.75, 3.05) is 13.2 Å². The van der Waals surface area contributed by atoms with Crippen LogP contribution in [0.15, 0.2) is 48.5 Å². The SMILES string of the molecule is CCCCCCCCCCOC(=O)c1ccccc1C(=O)OC(CC)S(=O)(=O)[O-].CCCCCCCCCCOC(=O)c1ccccc1C(=O)OC(CC)S(=O)(=O)[O-].[Ca+2]. The summed E-state index contributed by atoms with van der Waals surface area (Å²) in [6.07, 6.45) is 17.5. The maximum absolute atomic E-state index is 12.3. The topological polar surface area (TPSA) is 220 Å². The van der Waals surface area contributed by atoms with Crippen LogP contribution in [0.5, 0.6) is 0 Å². The van der Waals surface area contributed by atoms with E-state index in [2.05, 4.69) is 13.8 Å². The fourth-order valence-corrected chi connectivity index (χ4v) is 6.92. The van der Waals surface area contributed by atoms with E-state index in [0.717, 1.165) is 38.5 Å². The average molecular weight is 895 g/mol. The number of carbonyl (C=O) groups excluding carboxylic acids is 4. The van der Waals surface area contributed by atoms with Crippen molar-refractivity contribution in [3.05, 3.63) is 70.8 Å². The van der Waals surface area contributed by atoms with Gasteiger partial charge >= 0.3 is 61.6 Å². The molecule has 0 N–H and O–H groups in total. The molecule has 0 aliphatic heterocycles. The first kappa shape index (κ1) is 56.4. The van der Waals surface area contributed by atoms with Crippen LogP contribution in [0.2, 0.25) is 0 Å². The summed E-state index contributed by atoms with van der Waals surface area (Å²) >= 11 is 0.